The number of esters is 2. The first kappa shape index (κ1) is 28.4. The van der Waals surface area contributed by atoms with Crippen LogP contribution in [0.1, 0.15) is 143 Å². The molecule has 0 aliphatic heterocycles. The van der Waals surface area contributed by atoms with E-state index in [0.717, 1.165) is 25.7 Å². The zero-order valence-electron chi connectivity index (χ0n) is 21.7. The van der Waals surface area contributed by atoms with E-state index in [9.17, 15) is 9.59 Å². The van der Waals surface area contributed by atoms with Crippen LogP contribution in [0.3, 0.4) is 0 Å². The van der Waals surface area contributed by atoms with Crippen molar-refractivity contribution in [1.82, 2.24) is 0 Å². The van der Waals surface area contributed by atoms with E-state index in [0.29, 0.717) is 30.3 Å². The Labute approximate surface area is 208 Å². The molecular formula is C30H48O4. The maximum Gasteiger partial charge on any atom is 0.338 e. The van der Waals surface area contributed by atoms with E-state index in [4.69, 9.17) is 9.47 Å². The molecule has 0 bridgehead atoms. The first-order chi connectivity index (χ1) is 16.7. The van der Waals surface area contributed by atoms with Gasteiger partial charge < -0.3 is 9.47 Å². The SMILES string of the molecule is CCCCCCCCCCCCCCCCOC(=O)c1cccc(C(=O)OCC2CCCC2)c1. The summed E-state index contributed by atoms with van der Waals surface area (Å²) >= 11 is 0. The number of hydrogen-bond donors (Lipinski definition) is 0. The molecule has 4 nitrogen and oxygen atoms in total. The van der Waals surface area contributed by atoms with Crippen LogP contribution in [0.5, 0.6) is 0 Å². The van der Waals surface area contributed by atoms with Gasteiger partial charge in [0.05, 0.1) is 24.3 Å². The predicted molar refractivity (Wildman–Crippen MR) is 139 cm³/mol. The lowest BCUT2D eigenvalue weighted by atomic mass is 10.0. The van der Waals surface area contributed by atoms with Gasteiger partial charge >= 0.3 is 11.9 Å². The van der Waals surface area contributed by atoms with Gasteiger partial charge in [0, 0.05) is 0 Å². The van der Waals surface area contributed by atoms with E-state index >= 15 is 0 Å². The van der Waals surface area contributed by atoms with Crippen LogP contribution in [-0.4, -0.2) is 25.2 Å². The minimum Gasteiger partial charge on any atom is -0.462 e. The Balaban J connectivity index is 1.46. The Bertz CT molecular complexity index is 678. The smallest absolute Gasteiger partial charge is 0.338 e. The molecule has 4 heteroatoms. The summed E-state index contributed by atoms with van der Waals surface area (Å²) in [6.45, 7) is 3.19. The van der Waals surface area contributed by atoms with Gasteiger partial charge in [-0.1, -0.05) is 109 Å². The van der Waals surface area contributed by atoms with Gasteiger partial charge in [-0.3, -0.25) is 0 Å². The zero-order chi connectivity index (χ0) is 24.3. The molecule has 1 aliphatic rings. The lowest BCUT2D eigenvalue weighted by molar-refractivity contribution is 0.0442. The molecule has 0 N–H and O–H groups in total. The Morgan fingerprint density at radius 2 is 1.18 bits per heavy atom. The highest BCUT2D eigenvalue weighted by Gasteiger charge is 2.18. The second-order valence-corrected chi connectivity index (χ2v) is 10.1. The minimum absolute atomic E-state index is 0.353. The van der Waals surface area contributed by atoms with Crippen molar-refractivity contribution >= 4 is 11.9 Å². The molecule has 192 valence electrons. The van der Waals surface area contributed by atoms with E-state index in [1.165, 1.54) is 89.9 Å². The summed E-state index contributed by atoms with van der Waals surface area (Å²) in [5, 5.41) is 0. The second-order valence-electron chi connectivity index (χ2n) is 10.1. The van der Waals surface area contributed by atoms with Crippen LogP contribution in [0, 0.1) is 5.92 Å². The van der Waals surface area contributed by atoms with E-state index in [1.807, 2.05) is 0 Å². The quantitative estimate of drug-likeness (QED) is 0.149. The largest absolute Gasteiger partial charge is 0.462 e. The Morgan fingerprint density at radius 3 is 1.71 bits per heavy atom. The highest BCUT2D eigenvalue weighted by molar-refractivity contribution is 5.95. The van der Waals surface area contributed by atoms with Gasteiger partial charge in [-0.2, -0.15) is 0 Å². The number of unbranched alkanes of at least 4 members (excludes halogenated alkanes) is 13. The van der Waals surface area contributed by atoms with E-state index in [2.05, 4.69) is 6.92 Å². The topological polar surface area (TPSA) is 52.6 Å². The summed E-state index contributed by atoms with van der Waals surface area (Å²) < 4.78 is 10.9. The first-order valence-electron chi connectivity index (χ1n) is 14.1. The van der Waals surface area contributed by atoms with E-state index in [-0.39, 0.29) is 11.9 Å². The molecule has 0 heterocycles. The van der Waals surface area contributed by atoms with Crippen molar-refractivity contribution in [2.24, 2.45) is 5.92 Å². The van der Waals surface area contributed by atoms with Crippen LogP contribution >= 0.6 is 0 Å². The molecule has 0 amide bonds. The fourth-order valence-electron chi connectivity index (χ4n) is 4.77. The fraction of sp³-hybridized carbons (Fsp3) is 0.733. The van der Waals surface area contributed by atoms with Gasteiger partial charge in [-0.25, -0.2) is 9.59 Å². The number of benzene rings is 1. The number of hydrogen-bond acceptors (Lipinski definition) is 4. The molecule has 1 saturated carbocycles. The summed E-state index contributed by atoms with van der Waals surface area (Å²) in [4.78, 5) is 24.7. The highest BCUT2D eigenvalue weighted by atomic mass is 16.5. The van der Waals surface area contributed by atoms with Crippen molar-refractivity contribution in [1.29, 1.82) is 0 Å². The molecule has 0 saturated heterocycles. The lowest BCUT2D eigenvalue weighted by Crippen LogP contribution is -2.13. The highest BCUT2D eigenvalue weighted by Crippen LogP contribution is 2.25. The molecule has 1 aromatic rings. The average Bonchev–Trinajstić information content (AvgIpc) is 3.38. The van der Waals surface area contributed by atoms with Crippen LogP contribution in [0.4, 0.5) is 0 Å². The second kappa shape index (κ2) is 18.5. The summed E-state index contributed by atoms with van der Waals surface area (Å²) in [6.07, 6.45) is 23.0. The van der Waals surface area contributed by atoms with Crippen molar-refractivity contribution in [3.63, 3.8) is 0 Å². The van der Waals surface area contributed by atoms with Gasteiger partial charge in [-0.05, 0) is 43.4 Å². The van der Waals surface area contributed by atoms with E-state index in [1.54, 1.807) is 24.3 Å². The molecule has 1 fully saturated rings. The van der Waals surface area contributed by atoms with Gasteiger partial charge in [-0.15, -0.1) is 0 Å². The summed E-state index contributed by atoms with van der Waals surface area (Å²) in [7, 11) is 0. The van der Waals surface area contributed by atoms with Crippen LogP contribution < -0.4 is 0 Å². The molecule has 1 aromatic carbocycles. The Kier molecular flexibility index (Phi) is 15.4. The molecule has 0 atom stereocenters. The molecule has 0 aromatic heterocycles. The van der Waals surface area contributed by atoms with Crippen LogP contribution in [0.2, 0.25) is 0 Å². The van der Waals surface area contributed by atoms with Crippen molar-refractivity contribution in [3.8, 4) is 0 Å². The van der Waals surface area contributed by atoms with Crippen LogP contribution in [0.15, 0.2) is 24.3 Å². The predicted octanol–water partition coefficient (Wildman–Crippen LogP) is 8.67. The number of carbonyl (C=O) groups is 2. The molecule has 1 aliphatic carbocycles. The number of rotatable bonds is 19. The van der Waals surface area contributed by atoms with Gasteiger partial charge in [0.1, 0.15) is 0 Å². The van der Waals surface area contributed by atoms with Crippen molar-refractivity contribution in [2.75, 3.05) is 13.2 Å². The van der Waals surface area contributed by atoms with Gasteiger partial charge in [0.15, 0.2) is 0 Å². The molecule has 0 spiro atoms. The lowest BCUT2D eigenvalue weighted by Gasteiger charge is -2.10. The Hall–Kier alpha value is -1.84. The third-order valence-electron chi connectivity index (χ3n) is 6.99. The van der Waals surface area contributed by atoms with Crippen LogP contribution in [-0.2, 0) is 9.47 Å². The first-order valence-corrected chi connectivity index (χ1v) is 14.1. The third kappa shape index (κ3) is 12.6. The number of carbonyl (C=O) groups excluding carboxylic acids is 2. The summed E-state index contributed by atoms with van der Waals surface area (Å²) in [5.41, 5.74) is 0.838. The van der Waals surface area contributed by atoms with Crippen molar-refractivity contribution in [2.45, 2.75) is 122 Å². The minimum atomic E-state index is -0.361. The molecular weight excluding hydrogens is 424 g/mol. The molecule has 2 rings (SSSR count). The van der Waals surface area contributed by atoms with Crippen molar-refractivity contribution in [3.05, 3.63) is 35.4 Å². The normalized spacial score (nSPS) is 13.8. The number of ether oxygens (including phenoxy) is 2. The molecule has 0 unspecified atom stereocenters. The Morgan fingerprint density at radius 1 is 0.706 bits per heavy atom. The zero-order valence-corrected chi connectivity index (χ0v) is 21.7. The van der Waals surface area contributed by atoms with Crippen LogP contribution in [0.25, 0.3) is 0 Å². The standard InChI is InChI=1S/C30H48O4/c1-2-3-4-5-6-7-8-9-10-11-12-13-14-17-23-33-29(31)27-21-18-22-28(24-27)30(32)34-25-26-19-15-16-20-26/h18,21-22,24,26H,2-17,19-20,23,25H2,1H3. The van der Waals surface area contributed by atoms with Gasteiger partial charge in [0.2, 0.25) is 0 Å². The maximum absolute atomic E-state index is 12.3. The third-order valence-corrected chi connectivity index (χ3v) is 6.99. The maximum atomic E-state index is 12.3. The van der Waals surface area contributed by atoms with Gasteiger partial charge in [0.25, 0.3) is 0 Å². The monoisotopic (exact) mass is 472 g/mol. The molecule has 0 radical (unpaired) electrons. The summed E-state index contributed by atoms with van der Waals surface area (Å²) in [6, 6.07) is 6.70. The molecule has 34 heavy (non-hydrogen) atoms. The summed E-state index contributed by atoms with van der Waals surface area (Å²) in [5.74, 6) is -0.226. The fourth-order valence-corrected chi connectivity index (χ4v) is 4.77. The average molecular weight is 473 g/mol. The van der Waals surface area contributed by atoms with E-state index < -0.39 is 0 Å². The van der Waals surface area contributed by atoms with Crippen molar-refractivity contribution < 1.29 is 19.1 Å².